The van der Waals surface area contributed by atoms with Crippen molar-refractivity contribution in [1.82, 2.24) is 15.8 Å². The molecule has 30 heavy (non-hydrogen) atoms. The Morgan fingerprint density at radius 3 is 2.73 bits per heavy atom. The van der Waals surface area contributed by atoms with Gasteiger partial charge in [-0.25, -0.2) is 15.8 Å². The van der Waals surface area contributed by atoms with Crippen LogP contribution < -0.4 is 21.5 Å². The molecule has 4 heterocycles. The van der Waals surface area contributed by atoms with Gasteiger partial charge in [-0.05, 0) is 23.8 Å². The number of ether oxygens (including phenoxy) is 1. The van der Waals surface area contributed by atoms with Crippen molar-refractivity contribution in [3.05, 3.63) is 71.4 Å². The maximum atomic E-state index is 13.9. The highest BCUT2D eigenvalue weighted by atomic mass is 16.5. The van der Waals surface area contributed by atoms with Gasteiger partial charge >= 0.3 is 0 Å². The van der Waals surface area contributed by atoms with Gasteiger partial charge in [-0.1, -0.05) is 24.3 Å². The number of rotatable bonds is 1. The summed E-state index contributed by atoms with van der Waals surface area (Å²) < 4.78 is 5.79. The van der Waals surface area contributed by atoms with Gasteiger partial charge in [0.05, 0.1) is 23.3 Å². The maximum Gasteiger partial charge on any atom is 0.250 e. The largest absolute Gasteiger partial charge is 0.458 e. The van der Waals surface area contributed by atoms with Crippen LogP contribution in [0, 0.1) is 17.2 Å². The van der Waals surface area contributed by atoms with Gasteiger partial charge in [0.15, 0.2) is 6.23 Å². The lowest BCUT2D eigenvalue weighted by Gasteiger charge is -2.42. The highest BCUT2D eigenvalue weighted by Crippen LogP contribution is 2.58. The molecule has 9 heteroatoms. The van der Waals surface area contributed by atoms with Crippen molar-refractivity contribution in [2.24, 2.45) is 11.7 Å². The molecule has 0 aliphatic carbocycles. The Bertz CT molecular complexity index is 1140. The summed E-state index contributed by atoms with van der Waals surface area (Å²) in [7, 11) is 0. The summed E-state index contributed by atoms with van der Waals surface area (Å²) in [5.74, 6) is -1.70. The predicted molar refractivity (Wildman–Crippen MR) is 105 cm³/mol. The topological polar surface area (TPSA) is 133 Å². The second kappa shape index (κ2) is 6.38. The molecule has 0 radical (unpaired) electrons. The number of hydrogen-bond acceptors (Lipinski definition) is 8. The molecule has 4 atom stereocenters. The minimum Gasteiger partial charge on any atom is -0.458 e. The number of nitrogens with one attached hydrogen (secondary N) is 2. The van der Waals surface area contributed by atoms with Crippen LogP contribution in [0.2, 0.25) is 0 Å². The molecule has 4 unspecified atom stereocenters. The number of anilines is 1. The molecule has 150 valence electrons. The summed E-state index contributed by atoms with van der Waals surface area (Å²) in [6, 6.07) is 14.1. The fraction of sp³-hybridized carbons (Fsp3) is 0.238. The summed E-state index contributed by atoms with van der Waals surface area (Å²) >= 11 is 0. The van der Waals surface area contributed by atoms with Gasteiger partial charge in [-0.2, -0.15) is 5.26 Å². The van der Waals surface area contributed by atoms with Crippen LogP contribution in [0.5, 0.6) is 0 Å². The first-order valence-corrected chi connectivity index (χ1v) is 9.45. The lowest BCUT2D eigenvalue weighted by molar-refractivity contribution is -0.131. The first-order chi connectivity index (χ1) is 14.5. The van der Waals surface area contributed by atoms with Gasteiger partial charge in [0.1, 0.15) is 17.1 Å². The van der Waals surface area contributed by atoms with E-state index in [9.17, 15) is 14.9 Å². The van der Waals surface area contributed by atoms with E-state index in [2.05, 4.69) is 21.9 Å². The molecule has 1 saturated heterocycles. The van der Waals surface area contributed by atoms with E-state index in [1.165, 1.54) is 6.92 Å². The Morgan fingerprint density at radius 2 is 2.03 bits per heavy atom. The number of hydrogen-bond donors (Lipinski definition) is 3. The molecule has 5 rings (SSSR count). The third kappa shape index (κ3) is 2.14. The molecule has 0 saturated carbocycles. The lowest BCUT2D eigenvalue weighted by Crippen LogP contribution is -2.56. The summed E-state index contributed by atoms with van der Waals surface area (Å²) in [4.78, 5) is 32.0. The van der Waals surface area contributed by atoms with E-state index in [1.54, 1.807) is 36.5 Å². The zero-order valence-electron chi connectivity index (χ0n) is 16.0. The molecule has 3 aliphatic heterocycles. The number of amides is 2. The molecule has 3 aliphatic rings. The second-order valence-electron chi connectivity index (χ2n) is 7.42. The van der Waals surface area contributed by atoms with E-state index in [0.29, 0.717) is 16.9 Å². The Hall–Kier alpha value is -3.74. The van der Waals surface area contributed by atoms with Crippen molar-refractivity contribution in [3.63, 3.8) is 0 Å². The summed E-state index contributed by atoms with van der Waals surface area (Å²) in [6.45, 7) is 1.32. The number of nitrogens with zero attached hydrogens (tertiary/aromatic N) is 3. The predicted octanol–water partition coefficient (Wildman–Crippen LogP) is 0.728. The minimum atomic E-state index is -1.50. The summed E-state index contributed by atoms with van der Waals surface area (Å²) in [6.07, 6.45) is 0.945. The Labute approximate surface area is 172 Å². The second-order valence-corrected chi connectivity index (χ2v) is 7.42. The maximum absolute atomic E-state index is 13.9. The fourth-order valence-electron chi connectivity index (χ4n) is 4.90. The molecule has 1 aromatic heterocycles. The van der Waals surface area contributed by atoms with Crippen LogP contribution in [-0.4, -0.2) is 23.0 Å². The van der Waals surface area contributed by atoms with Crippen molar-refractivity contribution in [2.75, 3.05) is 4.90 Å². The highest BCUT2D eigenvalue weighted by Gasteiger charge is 2.68. The zero-order valence-corrected chi connectivity index (χ0v) is 16.0. The van der Waals surface area contributed by atoms with Crippen LogP contribution >= 0.6 is 0 Å². The number of nitrogens with two attached hydrogens (primary N) is 1. The third-order valence-electron chi connectivity index (χ3n) is 6.00. The van der Waals surface area contributed by atoms with Crippen molar-refractivity contribution in [1.29, 1.82) is 5.26 Å². The Kier molecular flexibility index (Phi) is 3.89. The van der Waals surface area contributed by atoms with Crippen LogP contribution in [-0.2, 0) is 19.7 Å². The van der Waals surface area contributed by atoms with Crippen LogP contribution in [0.1, 0.15) is 24.2 Å². The van der Waals surface area contributed by atoms with Crippen LogP contribution in [0.3, 0.4) is 0 Å². The molecule has 1 aromatic carbocycles. The molecule has 0 bridgehead atoms. The van der Waals surface area contributed by atoms with Gasteiger partial charge in [-0.15, -0.1) is 0 Å². The van der Waals surface area contributed by atoms with E-state index in [1.807, 2.05) is 12.1 Å². The summed E-state index contributed by atoms with van der Waals surface area (Å²) in [5, 5.41) is 10.1. The molecule has 2 aromatic rings. The van der Waals surface area contributed by atoms with Crippen molar-refractivity contribution in [2.45, 2.75) is 24.6 Å². The van der Waals surface area contributed by atoms with Crippen LogP contribution in [0.25, 0.3) is 0 Å². The van der Waals surface area contributed by atoms with Gasteiger partial charge in [0, 0.05) is 13.1 Å². The minimum absolute atomic E-state index is 0.00335. The number of pyridine rings is 1. The monoisotopic (exact) mass is 402 g/mol. The molecular formula is C21H18N6O3. The van der Waals surface area contributed by atoms with E-state index >= 15 is 0 Å². The molecule has 1 fully saturated rings. The molecular weight excluding hydrogens is 384 g/mol. The normalized spacial score (nSPS) is 29.4. The molecule has 9 nitrogen and oxygen atoms in total. The fourth-order valence-corrected chi connectivity index (χ4v) is 4.90. The average Bonchev–Trinajstić information content (AvgIpc) is 3.27. The van der Waals surface area contributed by atoms with E-state index in [4.69, 9.17) is 10.5 Å². The summed E-state index contributed by atoms with van der Waals surface area (Å²) in [5.41, 5.74) is 12.5. The number of benzene rings is 1. The van der Waals surface area contributed by atoms with E-state index < -0.39 is 35.4 Å². The number of imide groups is 1. The van der Waals surface area contributed by atoms with Crippen molar-refractivity contribution < 1.29 is 14.3 Å². The Morgan fingerprint density at radius 1 is 1.27 bits per heavy atom. The Balaban J connectivity index is 1.83. The standard InChI is InChI=1S/C21H18N6O3/c1-11(28)27-15-8-3-2-6-12(15)21(20(27)29)13(10-22)18(23)30-19-16(21)17(25-26-19)14-7-4-5-9-24-14/h2-9,16-17,19,25-26H,23H2,1H3. The van der Waals surface area contributed by atoms with E-state index in [0.717, 1.165) is 4.90 Å². The third-order valence-corrected chi connectivity index (χ3v) is 6.00. The van der Waals surface area contributed by atoms with Gasteiger partial charge < -0.3 is 10.5 Å². The van der Waals surface area contributed by atoms with Gasteiger partial charge in [-0.3, -0.25) is 14.6 Å². The van der Waals surface area contributed by atoms with Crippen LogP contribution in [0.15, 0.2) is 60.1 Å². The molecule has 2 amide bonds. The quantitative estimate of drug-likeness (QED) is 0.636. The van der Waals surface area contributed by atoms with E-state index in [-0.39, 0.29) is 11.5 Å². The van der Waals surface area contributed by atoms with Gasteiger partial charge in [0.25, 0.3) is 5.91 Å². The smallest absolute Gasteiger partial charge is 0.250 e. The SMILES string of the molecule is CC(=O)N1C(=O)C2(C(C#N)=C(N)OC3NNC(c4ccccn4)C32)c2ccccc21. The van der Waals surface area contributed by atoms with Gasteiger partial charge in [0.2, 0.25) is 11.8 Å². The number of carbonyl (C=O) groups excluding carboxylic acids is 2. The number of para-hydroxylation sites is 1. The average molecular weight is 402 g/mol. The highest BCUT2D eigenvalue weighted by molar-refractivity contribution is 6.24. The van der Waals surface area contributed by atoms with Crippen molar-refractivity contribution in [3.8, 4) is 6.07 Å². The number of carbonyl (C=O) groups is 2. The first kappa shape index (κ1) is 18.3. The number of fused-ring (bicyclic) bond motifs is 4. The first-order valence-electron chi connectivity index (χ1n) is 9.45. The zero-order chi connectivity index (χ0) is 21.0. The number of nitriles is 1. The molecule has 1 spiro atoms. The van der Waals surface area contributed by atoms with Crippen molar-refractivity contribution >= 4 is 17.5 Å². The molecule has 4 N–H and O–H groups in total. The lowest BCUT2D eigenvalue weighted by atomic mass is 9.62. The van der Waals surface area contributed by atoms with Crippen LogP contribution in [0.4, 0.5) is 5.69 Å². The number of hydrazine groups is 1. The number of aromatic nitrogens is 1.